The molecular formula is C14H10F3NO2. The van der Waals surface area contributed by atoms with E-state index in [1.807, 2.05) is 12.1 Å². The van der Waals surface area contributed by atoms with Gasteiger partial charge in [0.1, 0.15) is 5.92 Å². The first-order chi connectivity index (χ1) is 9.39. The highest BCUT2D eigenvalue weighted by Gasteiger charge is 2.72. The average Bonchev–Trinajstić information content (AvgIpc) is 3.13. The molecule has 0 bridgehead atoms. The van der Waals surface area contributed by atoms with Crippen LogP contribution in [0.15, 0.2) is 42.5 Å². The summed E-state index contributed by atoms with van der Waals surface area (Å²) in [6, 6.07) is 10.5. The minimum atomic E-state index is -4.53. The van der Waals surface area contributed by atoms with Gasteiger partial charge in [0.15, 0.2) is 0 Å². The van der Waals surface area contributed by atoms with Gasteiger partial charge < -0.3 is 0 Å². The van der Waals surface area contributed by atoms with Gasteiger partial charge in [-0.15, -0.1) is 0 Å². The lowest BCUT2D eigenvalue weighted by atomic mass is 10.0. The highest BCUT2D eigenvalue weighted by Crippen LogP contribution is 2.57. The molecule has 0 unspecified atom stereocenters. The molecule has 3 atom stereocenters. The monoisotopic (exact) mass is 281 g/mol. The van der Waals surface area contributed by atoms with Gasteiger partial charge in [-0.1, -0.05) is 42.5 Å². The molecule has 0 N–H and O–H groups in total. The molecule has 2 aromatic rings. The Hall–Kier alpha value is -2.11. The van der Waals surface area contributed by atoms with Crippen molar-refractivity contribution in [2.75, 3.05) is 0 Å². The van der Waals surface area contributed by atoms with Crippen LogP contribution in [0.4, 0.5) is 13.2 Å². The summed E-state index contributed by atoms with van der Waals surface area (Å²) in [5.41, 5.74) is 0.382. The van der Waals surface area contributed by atoms with Gasteiger partial charge in [0.25, 0.3) is 0 Å². The Morgan fingerprint density at radius 2 is 1.70 bits per heavy atom. The third-order valence-corrected chi connectivity index (χ3v) is 3.76. The molecule has 3 rings (SSSR count). The fourth-order valence-electron chi connectivity index (χ4n) is 2.77. The minimum Gasteiger partial charge on any atom is -0.264 e. The number of alkyl halides is 3. The Balaban J connectivity index is 2.00. The van der Waals surface area contributed by atoms with Crippen LogP contribution in [0.3, 0.4) is 0 Å². The predicted molar refractivity (Wildman–Crippen MR) is 67.0 cm³/mol. The van der Waals surface area contributed by atoms with Crippen LogP contribution in [-0.2, 0) is 0 Å². The molecule has 0 heterocycles. The SMILES string of the molecule is O=[N+]([O-])[C@@H]1[C@@H](c2ccc3ccccc3c2)[C@H]1C(F)(F)F. The highest BCUT2D eigenvalue weighted by atomic mass is 19.4. The van der Waals surface area contributed by atoms with Gasteiger partial charge in [0, 0.05) is 4.92 Å². The van der Waals surface area contributed by atoms with Crippen molar-refractivity contribution in [2.45, 2.75) is 18.1 Å². The number of nitrogens with zero attached hydrogens (tertiary/aromatic N) is 1. The van der Waals surface area contributed by atoms with Crippen molar-refractivity contribution in [1.29, 1.82) is 0 Å². The summed E-state index contributed by atoms with van der Waals surface area (Å²) in [7, 11) is 0. The maximum atomic E-state index is 12.8. The molecule has 104 valence electrons. The maximum absolute atomic E-state index is 12.8. The van der Waals surface area contributed by atoms with Crippen LogP contribution in [0.5, 0.6) is 0 Å². The largest absolute Gasteiger partial charge is 0.399 e. The average molecular weight is 281 g/mol. The lowest BCUT2D eigenvalue weighted by Crippen LogP contribution is -2.17. The number of rotatable bonds is 2. The Bertz CT molecular complexity index is 683. The van der Waals surface area contributed by atoms with Gasteiger partial charge in [0.05, 0.1) is 5.92 Å². The van der Waals surface area contributed by atoms with Gasteiger partial charge in [0.2, 0.25) is 6.04 Å². The quantitative estimate of drug-likeness (QED) is 0.621. The second-order valence-electron chi connectivity index (χ2n) is 4.98. The molecule has 0 saturated heterocycles. The van der Waals surface area contributed by atoms with Crippen molar-refractivity contribution >= 4 is 10.8 Å². The Morgan fingerprint density at radius 3 is 2.25 bits per heavy atom. The molecule has 0 aromatic heterocycles. The third kappa shape index (κ3) is 2.01. The fraction of sp³-hybridized carbons (Fsp3) is 0.286. The van der Waals surface area contributed by atoms with E-state index >= 15 is 0 Å². The summed E-state index contributed by atoms with van der Waals surface area (Å²) in [6.07, 6.45) is -4.53. The second-order valence-corrected chi connectivity index (χ2v) is 4.98. The summed E-state index contributed by atoms with van der Waals surface area (Å²) < 4.78 is 38.4. The van der Waals surface area contributed by atoms with E-state index in [-0.39, 0.29) is 0 Å². The third-order valence-electron chi connectivity index (χ3n) is 3.76. The maximum Gasteiger partial charge on any atom is 0.399 e. The van der Waals surface area contributed by atoms with Gasteiger partial charge in [-0.25, -0.2) is 0 Å². The van der Waals surface area contributed by atoms with Crippen LogP contribution in [0.25, 0.3) is 10.8 Å². The zero-order valence-electron chi connectivity index (χ0n) is 10.2. The number of fused-ring (bicyclic) bond motifs is 1. The lowest BCUT2D eigenvalue weighted by Gasteiger charge is -2.04. The molecule has 6 heteroatoms. The van der Waals surface area contributed by atoms with Gasteiger partial charge in [-0.3, -0.25) is 10.1 Å². The molecule has 20 heavy (non-hydrogen) atoms. The normalized spacial score (nSPS) is 25.6. The van der Waals surface area contributed by atoms with Crippen molar-refractivity contribution in [2.24, 2.45) is 5.92 Å². The topological polar surface area (TPSA) is 43.1 Å². The van der Waals surface area contributed by atoms with Crippen molar-refractivity contribution < 1.29 is 18.1 Å². The summed E-state index contributed by atoms with van der Waals surface area (Å²) in [5.74, 6) is -2.95. The molecule has 0 amide bonds. The van der Waals surface area contributed by atoms with Crippen molar-refractivity contribution in [3.63, 3.8) is 0 Å². The van der Waals surface area contributed by atoms with Crippen molar-refractivity contribution in [1.82, 2.24) is 0 Å². The van der Waals surface area contributed by atoms with Crippen LogP contribution in [-0.4, -0.2) is 17.1 Å². The van der Waals surface area contributed by atoms with E-state index in [1.165, 1.54) is 0 Å². The Morgan fingerprint density at radius 1 is 1.05 bits per heavy atom. The molecule has 1 fully saturated rings. The van der Waals surface area contributed by atoms with Gasteiger partial charge >= 0.3 is 6.18 Å². The number of halogens is 3. The minimum absolute atomic E-state index is 0.382. The number of hydrogen-bond donors (Lipinski definition) is 0. The van der Waals surface area contributed by atoms with E-state index in [4.69, 9.17) is 0 Å². The number of hydrogen-bond acceptors (Lipinski definition) is 2. The standard InChI is InChI=1S/C14H10F3NO2/c15-14(16,17)12-11(13(12)18(19)20)10-6-5-8-3-1-2-4-9(8)7-10/h1-7,11-13H/t11-,12+,13+/m0/s1. The number of benzene rings is 2. The first-order valence-electron chi connectivity index (χ1n) is 6.08. The first kappa shape index (κ1) is 12.9. The molecule has 3 nitrogen and oxygen atoms in total. The van der Waals surface area contributed by atoms with Crippen LogP contribution in [0, 0.1) is 16.0 Å². The lowest BCUT2D eigenvalue weighted by molar-refractivity contribution is -0.503. The van der Waals surface area contributed by atoms with E-state index < -0.39 is 29.0 Å². The van der Waals surface area contributed by atoms with Crippen LogP contribution >= 0.6 is 0 Å². The molecule has 0 spiro atoms. The zero-order valence-corrected chi connectivity index (χ0v) is 10.2. The number of nitro groups is 1. The van der Waals surface area contributed by atoms with E-state index in [0.29, 0.717) is 5.56 Å². The first-order valence-corrected chi connectivity index (χ1v) is 6.08. The van der Waals surface area contributed by atoms with Crippen LogP contribution in [0.1, 0.15) is 11.5 Å². The van der Waals surface area contributed by atoms with Crippen molar-refractivity contribution in [3.8, 4) is 0 Å². The zero-order chi connectivity index (χ0) is 14.5. The van der Waals surface area contributed by atoms with Gasteiger partial charge in [-0.2, -0.15) is 13.2 Å². The molecule has 1 saturated carbocycles. The van der Waals surface area contributed by atoms with Gasteiger partial charge in [-0.05, 0) is 16.3 Å². The molecule has 0 radical (unpaired) electrons. The molecule has 1 aliphatic rings. The fourth-order valence-corrected chi connectivity index (χ4v) is 2.77. The van der Waals surface area contributed by atoms with E-state index in [9.17, 15) is 23.3 Å². The highest BCUT2D eigenvalue weighted by molar-refractivity contribution is 5.83. The van der Waals surface area contributed by atoms with Crippen LogP contribution in [0.2, 0.25) is 0 Å². The summed E-state index contributed by atoms with van der Waals surface area (Å²) >= 11 is 0. The summed E-state index contributed by atoms with van der Waals surface area (Å²) in [5, 5.41) is 12.5. The summed E-state index contributed by atoms with van der Waals surface area (Å²) in [6.45, 7) is 0. The Labute approximate surface area is 112 Å². The summed E-state index contributed by atoms with van der Waals surface area (Å²) in [4.78, 5) is 9.95. The molecular weight excluding hydrogens is 271 g/mol. The van der Waals surface area contributed by atoms with Crippen molar-refractivity contribution in [3.05, 3.63) is 58.1 Å². The molecule has 0 aliphatic heterocycles. The predicted octanol–water partition coefficient (Wildman–Crippen LogP) is 3.76. The second kappa shape index (κ2) is 4.19. The van der Waals surface area contributed by atoms with E-state index in [0.717, 1.165) is 10.8 Å². The van der Waals surface area contributed by atoms with E-state index in [1.54, 1.807) is 30.3 Å². The molecule has 2 aromatic carbocycles. The Kier molecular flexibility index (Phi) is 2.70. The molecule has 1 aliphatic carbocycles. The van der Waals surface area contributed by atoms with E-state index in [2.05, 4.69) is 0 Å². The van der Waals surface area contributed by atoms with Crippen LogP contribution < -0.4 is 0 Å². The smallest absolute Gasteiger partial charge is 0.264 e.